The predicted molar refractivity (Wildman–Crippen MR) is 29.9 cm³/mol. The van der Waals surface area contributed by atoms with Gasteiger partial charge in [0, 0.05) is 0 Å². The Bertz CT molecular complexity index is 7.61. The summed E-state index contributed by atoms with van der Waals surface area (Å²) in [6.45, 7) is 0. The molecule has 5 heavy (non-hydrogen) atoms. The highest BCUT2D eigenvalue weighted by Crippen LogP contribution is 0.981. The van der Waals surface area contributed by atoms with Crippen LogP contribution < -0.4 is 11.5 Å². The van der Waals surface area contributed by atoms with Crippen molar-refractivity contribution in [1.82, 2.24) is 11.5 Å². The zero-order valence-corrected chi connectivity index (χ0v) is 3.21. The van der Waals surface area contributed by atoms with Gasteiger partial charge in [0.25, 0.3) is 0 Å². The maximum atomic E-state index is 2.75. The van der Waals surface area contributed by atoms with Crippen molar-refractivity contribution >= 4 is 8.41 Å². The Morgan fingerprint density at radius 1 is 1.20 bits per heavy atom. The topological polar surface area (TPSA) is 47.0 Å². The van der Waals surface area contributed by atoms with Crippen molar-refractivity contribution in [2.75, 3.05) is 14.1 Å². The molecule has 0 saturated carbocycles. The minimum atomic E-state index is 0. The lowest BCUT2D eigenvalue weighted by molar-refractivity contribution is 1.02. The third-order valence-electron chi connectivity index (χ3n) is 0. The van der Waals surface area contributed by atoms with E-state index in [4.69, 9.17) is 0 Å². The van der Waals surface area contributed by atoms with Crippen LogP contribution in [0.15, 0.2) is 0 Å². The molecule has 0 bridgehead atoms. The molecule has 0 aliphatic heterocycles. The van der Waals surface area contributed by atoms with Crippen LogP contribution in [-0.4, -0.2) is 22.5 Å². The monoisotopic (exact) mass is 76.1 g/mol. The number of hydrogen-bond acceptors (Lipinski definition) is 2. The Balaban J connectivity index is -0.0000000200. The zero-order valence-electron chi connectivity index (χ0n) is 3.21. The van der Waals surface area contributed by atoms with Crippen molar-refractivity contribution in [2.45, 2.75) is 0 Å². The molecule has 0 fully saturated rings. The summed E-state index contributed by atoms with van der Waals surface area (Å²) < 4.78 is 0. The molecule has 0 aliphatic carbocycles. The average molecular weight is 76.0 g/mol. The van der Waals surface area contributed by atoms with Crippen LogP contribution in [0.1, 0.15) is 0 Å². The Morgan fingerprint density at radius 3 is 1.20 bits per heavy atom. The van der Waals surface area contributed by atoms with E-state index in [0.29, 0.717) is 0 Å². The molecule has 34 valence electrons. The van der Waals surface area contributed by atoms with Crippen molar-refractivity contribution < 1.29 is 0 Å². The van der Waals surface area contributed by atoms with Gasteiger partial charge in [-0.3, -0.25) is 0 Å². The first-order valence-electron chi connectivity index (χ1n) is 1.00. The first-order chi connectivity index (χ1) is 1.41. The van der Waals surface area contributed by atoms with Gasteiger partial charge in [0.05, 0.1) is 8.41 Å². The Hall–Kier alpha value is -0.0151. The molecule has 0 aromatic heterocycles. The number of rotatable bonds is 0. The fraction of sp³-hybridized carbons (Fsp3) is 1.00. The third-order valence-corrected chi connectivity index (χ3v) is 0. The summed E-state index contributed by atoms with van der Waals surface area (Å²) in [7, 11) is 3.75. The highest BCUT2D eigenvalue weighted by atomic mass is 14.7. The summed E-state index contributed by atoms with van der Waals surface area (Å²) in [6.07, 6.45) is 0. The lowest BCUT2D eigenvalue weighted by atomic mass is 10.8. The quantitative estimate of drug-likeness (QED) is 0.356. The van der Waals surface area contributed by atoms with Gasteiger partial charge < -0.3 is 11.5 Å². The highest BCUT2D eigenvalue weighted by Gasteiger charge is 1.25. The van der Waals surface area contributed by atoms with Gasteiger partial charge in [0.2, 0.25) is 0 Å². The van der Waals surface area contributed by atoms with Gasteiger partial charge in [-0.1, -0.05) is 0 Å². The van der Waals surface area contributed by atoms with Gasteiger partial charge in [0.1, 0.15) is 0 Å². The minimum Gasteiger partial charge on any atom is -0.344 e. The van der Waals surface area contributed by atoms with Crippen molar-refractivity contribution in [3.05, 3.63) is 0 Å². The second kappa shape index (κ2) is 36.6. The van der Waals surface area contributed by atoms with Gasteiger partial charge >= 0.3 is 0 Å². The maximum Gasteiger partial charge on any atom is 0.0814 e. The van der Waals surface area contributed by atoms with E-state index < -0.39 is 0 Å². The summed E-state index contributed by atoms with van der Waals surface area (Å²) in [4.78, 5) is 0. The van der Waals surface area contributed by atoms with Crippen LogP contribution in [0.3, 0.4) is 0 Å². The number of nitrogens with one attached hydrogen (secondary N) is 1. The molecule has 0 amide bonds. The van der Waals surface area contributed by atoms with E-state index in [2.05, 4.69) is 5.32 Å². The van der Waals surface area contributed by atoms with Crippen molar-refractivity contribution in [2.24, 2.45) is 0 Å². The average Bonchev–Trinajstić information content (AvgIpc) is 0.918. The molecule has 3 heteroatoms. The molecule has 0 rings (SSSR count). The van der Waals surface area contributed by atoms with Crippen LogP contribution in [0.25, 0.3) is 0 Å². The number of hydrogen-bond donors (Lipinski definition) is 2. The maximum absolute atomic E-state index is 2.75. The highest BCUT2D eigenvalue weighted by molar-refractivity contribution is 5.75. The third kappa shape index (κ3) is 69200. The fourth-order valence-corrected chi connectivity index (χ4v) is 0. The summed E-state index contributed by atoms with van der Waals surface area (Å²) in [6, 6.07) is 0. The lowest BCUT2D eigenvalue weighted by Gasteiger charge is -1.59. The molecular formula is C2H13BN2. The molecule has 0 heterocycles. The summed E-state index contributed by atoms with van der Waals surface area (Å²) in [5, 5.41) is 2.75. The van der Waals surface area contributed by atoms with E-state index in [-0.39, 0.29) is 14.6 Å². The Labute approximate surface area is 35.1 Å². The lowest BCUT2D eigenvalue weighted by Crippen LogP contribution is -1.89. The Morgan fingerprint density at radius 2 is 1.20 bits per heavy atom. The molecule has 0 saturated heterocycles. The van der Waals surface area contributed by atoms with Gasteiger partial charge in [-0.15, -0.1) is 0 Å². The van der Waals surface area contributed by atoms with E-state index in [0.717, 1.165) is 0 Å². The molecule has 0 aromatic rings. The summed E-state index contributed by atoms with van der Waals surface area (Å²) in [5.41, 5.74) is 0. The largest absolute Gasteiger partial charge is 0.344 e. The molecule has 0 spiro atoms. The van der Waals surface area contributed by atoms with Gasteiger partial charge in [0.15, 0.2) is 0 Å². The van der Waals surface area contributed by atoms with Crippen molar-refractivity contribution in [1.29, 1.82) is 0 Å². The van der Waals surface area contributed by atoms with Crippen molar-refractivity contribution in [3.63, 3.8) is 0 Å². The molecule has 0 atom stereocenters. The molecule has 4 N–H and O–H groups in total. The van der Waals surface area contributed by atoms with Crippen LogP contribution in [0, 0.1) is 0 Å². The Kier molecular flexibility index (Phi) is 147. The second-order valence-corrected chi connectivity index (χ2v) is 0.500. The van der Waals surface area contributed by atoms with Gasteiger partial charge in [-0.25, -0.2) is 0 Å². The normalized spacial score (nSPS) is 3.60. The molecule has 0 aromatic carbocycles. The smallest absolute Gasteiger partial charge is 0.0814 e. The molecular weight excluding hydrogens is 62.8 g/mol. The van der Waals surface area contributed by atoms with E-state index in [1.165, 1.54) is 0 Å². The van der Waals surface area contributed by atoms with Crippen LogP contribution in [0.4, 0.5) is 0 Å². The minimum absolute atomic E-state index is 0. The van der Waals surface area contributed by atoms with E-state index >= 15 is 0 Å². The predicted octanol–water partition coefficient (Wildman–Crippen LogP) is -1.19. The zero-order chi connectivity index (χ0) is 2.71. The molecule has 0 unspecified atom stereocenters. The molecule has 0 aliphatic rings. The van der Waals surface area contributed by atoms with E-state index in [1.54, 1.807) is 0 Å². The van der Waals surface area contributed by atoms with Crippen LogP contribution in [-0.2, 0) is 0 Å². The van der Waals surface area contributed by atoms with Gasteiger partial charge in [-0.2, -0.15) is 0 Å². The molecule has 0 radical (unpaired) electrons. The first-order valence-corrected chi connectivity index (χ1v) is 1.00. The second-order valence-electron chi connectivity index (χ2n) is 0.500. The van der Waals surface area contributed by atoms with Gasteiger partial charge in [-0.05, 0) is 14.1 Å². The van der Waals surface area contributed by atoms with Crippen molar-refractivity contribution in [3.8, 4) is 0 Å². The molecule has 2 nitrogen and oxygen atoms in total. The standard InChI is InChI=1S/C2H7N.BH3.H3N/c1-3-2;;/h3H,1-2H3;2*1H3. The first kappa shape index (κ1) is 20.1. The summed E-state index contributed by atoms with van der Waals surface area (Å²) in [5.74, 6) is 0. The fourth-order valence-electron chi connectivity index (χ4n) is 0. The van der Waals surface area contributed by atoms with E-state index in [1.807, 2.05) is 14.1 Å². The van der Waals surface area contributed by atoms with Crippen LogP contribution in [0.5, 0.6) is 0 Å². The SMILES string of the molecule is B.CNC.N. The summed E-state index contributed by atoms with van der Waals surface area (Å²) >= 11 is 0. The van der Waals surface area contributed by atoms with Crippen LogP contribution >= 0.6 is 0 Å². The van der Waals surface area contributed by atoms with Crippen LogP contribution in [0.2, 0.25) is 0 Å². The van der Waals surface area contributed by atoms with E-state index in [9.17, 15) is 0 Å².